The third-order valence-corrected chi connectivity index (χ3v) is 3.29. The number of amides is 1. The lowest BCUT2D eigenvalue weighted by atomic mass is 10.2. The number of thiazole rings is 1. The number of benzene rings is 1. The Balaban J connectivity index is 1.94. The van der Waals surface area contributed by atoms with Crippen molar-refractivity contribution in [3.63, 3.8) is 0 Å². The van der Waals surface area contributed by atoms with Crippen LogP contribution in [0.1, 0.15) is 23.0 Å². The van der Waals surface area contributed by atoms with E-state index in [2.05, 4.69) is 15.0 Å². The summed E-state index contributed by atoms with van der Waals surface area (Å²) >= 11 is 1.20. The summed E-state index contributed by atoms with van der Waals surface area (Å²) in [4.78, 5) is 26.8. The Bertz CT molecular complexity index is 706. The molecule has 2 rings (SSSR count). The number of carbonyl (C=O) groups excluding carboxylic acids is 2. The van der Waals surface area contributed by atoms with Gasteiger partial charge in [-0.1, -0.05) is 6.07 Å². The molecule has 0 unspecified atom stereocenters. The monoisotopic (exact) mass is 342 g/mol. The normalized spacial score (nSPS) is 10.4. The highest BCUT2D eigenvalue weighted by Gasteiger charge is 2.12. The van der Waals surface area contributed by atoms with E-state index in [0.29, 0.717) is 10.8 Å². The molecule has 23 heavy (non-hydrogen) atoms. The van der Waals surface area contributed by atoms with Crippen LogP contribution in [0.25, 0.3) is 0 Å². The number of hydrogen-bond donors (Lipinski definition) is 1. The summed E-state index contributed by atoms with van der Waals surface area (Å²) < 4.78 is 33.5. The van der Waals surface area contributed by atoms with Crippen molar-refractivity contribution in [2.24, 2.45) is 0 Å². The molecule has 1 heterocycles. The number of aromatic nitrogens is 1. The molecule has 122 valence electrons. The summed E-state index contributed by atoms with van der Waals surface area (Å²) in [7, 11) is 0. The van der Waals surface area contributed by atoms with Crippen molar-refractivity contribution >= 4 is 28.3 Å². The van der Waals surface area contributed by atoms with Crippen LogP contribution >= 0.6 is 11.3 Å². The van der Waals surface area contributed by atoms with E-state index in [1.165, 1.54) is 36.5 Å². The Labute approximate surface area is 134 Å². The molecular formula is C14H12F2N2O4S. The number of nitrogens with one attached hydrogen (secondary N) is 1. The number of ether oxygens (including phenoxy) is 2. The summed E-state index contributed by atoms with van der Waals surface area (Å²) in [5.41, 5.74) is 0.549. The van der Waals surface area contributed by atoms with Crippen LogP contribution in [0.5, 0.6) is 5.75 Å². The van der Waals surface area contributed by atoms with Gasteiger partial charge < -0.3 is 14.8 Å². The number of nitrogens with zero attached hydrogens (tertiary/aromatic N) is 1. The van der Waals surface area contributed by atoms with E-state index in [-0.39, 0.29) is 23.8 Å². The predicted molar refractivity (Wildman–Crippen MR) is 78.6 cm³/mol. The Morgan fingerprint density at radius 1 is 1.39 bits per heavy atom. The van der Waals surface area contributed by atoms with Gasteiger partial charge in [-0.05, 0) is 18.2 Å². The fourth-order valence-electron chi connectivity index (χ4n) is 1.60. The highest BCUT2D eigenvalue weighted by atomic mass is 32.1. The number of anilines is 1. The fraction of sp³-hybridized carbons (Fsp3) is 0.214. The van der Waals surface area contributed by atoms with E-state index < -0.39 is 12.6 Å². The van der Waals surface area contributed by atoms with Crippen LogP contribution < -0.4 is 10.1 Å². The minimum atomic E-state index is -2.97. The van der Waals surface area contributed by atoms with Crippen molar-refractivity contribution in [1.82, 2.24) is 4.98 Å². The lowest BCUT2D eigenvalue weighted by Gasteiger charge is -2.06. The largest absolute Gasteiger partial charge is 0.456 e. The number of halogens is 2. The molecule has 0 saturated carbocycles. The van der Waals surface area contributed by atoms with Crippen LogP contribution in [0.4, 0.5) is 13.9 Å². The first-order valence-electron chi connectivity index (χ1n) is 6.38. The van der Waals surface area contributed by atoms with Gasteiger partial charge in [-0.25, -0.2) is 9.78 Å². The van der Waals surface area contributed by atoms with Gasteiger partial charge in [0, 0.05) is 12.3 Å². The maximum absolute atomic E-state index is 12.1. The minimum absolute atomic E-state index is 0.0838. The smallest absolute Gasteiger partial charge is 0.387 e. The number of rotatable bonds is 6. The molecular weight excluding hydrogens is 330 g/mol. The van der Waals surface area contributed by atoms with E-state index >= 15 is 0 Å². The van der Waals surface area contributed by atoms with Gasteiger partial charge in [-0.3, -0.25) is 4.79 Å². The molecule has 0 fully saturated rings. The first-order valence-corrected chi connectivity index (χ1v) is 7.26. The third-order valence-electron chi connectivity index (χ3n) is 2.48. The Morgan fingerprint density at radius 2 is 2.17 bits per heavy atom. The summed E-state index contributed by atoms with van der Waals surface area (Å²) in [6.45, 7) is -1.71. The second-order valence-electron chi connectivity index (χ2n) is 4.31. The van der Waals surface area contributed by atoms with Gasteiger partial charge in [0.25, 0.3) is 0 Å². The summed E-state index contributed by atoms with van der Waals surface area (Å²) in [5, 5.41) is 4.54. The first-order chi connectivity index (χ1) is 10.9. The van der Waals surface area contributed by atoms with Crippen molar-refractivity contribution in [2.75, 3.05) is 5.32 Å². The standard InChI is InChI=1S/C14H12F2N2O4S/c1-8(19)17-14-18-10(7-23-14)6-21-12(20)9-3-2-4-11(5-9)22-13(15)16/h2-5,7,13H,6H2,1H3,(H,17,18,19). The SMILES string of the molecule is CC(=O)Nc1nc(COC(=O)c2cccc(OC(F)F)c2)cs1. The molecule has 6 nitrogen and oxygen atoms in total. The Kier molecular flexibility index (Phi) is 5.58. The average molecular weight is 342 g/mol. The molecule has 0 aliphatic carbocycles. The van der Waals surface area contributed by atoms with Crippen LogP contribution in [-0.4, -0.2) is 23.5 Å². The quantitative estimate of drug-likeness (QED) is 0.817. The average Bonchev–Trinajstić information content (AvgIpc) is 2.91. The zero-order valence-electron chi connectivity index (χ0n) is 11.9. The van der Waals surface area contributed by atoms with Crippen molar-refractivity contribution in [3.8, 4) is 5.75 Å². The number of hydrogen-bond acceptors (Lipinski definition) is 6. The fourth-order valence-corrected chi connectivity index (χ4v) is 2.34. The van der Waals surface area contributed by atoms with Gasteiger partial charge in [0.2, 0.25) is 5.91 Å². The molecule has 0 aliphatic heterocycles. The minimum Gasteiger partial charge on any atom is -0.456 e. The van der Waals surface area contributed by atoms with Gasteiger partial charge in [0.05, 0.1) is 11.3 Å². The Hall–Kier alpha value is -2.55. The maximum Gasteiger partial charge on any atom is 0.387 e. The number of alkyl halides is 2. The Morgan fingerprint density at radius 3 is 2.87 bits per heavy atom. The van der Waals surface area contributed by atoms with Gasteiger partial charge >= 0.3 is 12.6 Å². The second kappa shape index (κ2) is 7.63. The molecule has 0 saturated heterocycles. The molecule has 0 bridgehead atoms. The van der Waals surface area contributed by atoms with E-state index in [1.54, 1.807) is 5.38 Å². The molecule has 0 aliphatic rings. The molecule has 0 spiro atoms. The topological polar surface area (TPSA) is 77.5 Å². The lowest BCUT2D eigenvalue weighted by Crippen LogP contribution is -2.08. The van der Waals surface area contributed by atoms with Crippen LogP contribution in [0.3, 0.4) is 0 Å². The van der Waals surface area contributed by atoms with Crippen molar-refractivity contribution < 1.29 is 27.8 Å². The molecule has 1 N–H and O–H groups in total. The van der Waals surface area contributed by atoms with Crippen molar-refractivity contribution in [3.05, 3.63) is 40.9 Å². The van der Waals surface area contributed by atoms with E-state index in [1.807, 2.05) is 0 Å². The van der Waals surface area contributed by atoms with Gasteiger partial charge in [-0.2, -0.15) is 8.78 Å². The van der Waals surface area contributed by atoms with Crippen LogP contribution in [0.15, 0.2) is 29.6 Å². The summed E-state index contributed by atoms with van der Waals surface area (Å²) in [5.74, 6) is -1.08. The van der Waals surface area contributed by atoms with Crippen LogP contribution in [-0.2, 0) is 16.1 Å². The molecule has 1 amide bonds. The van der Waals surface area contributed by atoms with Crippen LogP contribution in [0.2, 0.25) is 0 Å². The molecule has 0 radical (unpaired) electrons. The lowest BCUT2D eigenvalue weighted by molar-refractivity contribution is -0.114. The highest BCUT2D eigenvalue weighted by molar-refractivity contribution is 7.13. The molecule has 0 atom stereocenters. The number of carbonyl (C=O) groups is 2. The predicted octanol–water partition coefficient (Wildman–Crippen LogP) is 3.06. The van der Waals surface area contributed by atoms with E-state index in [0.717, 1.165) is 6.07 Å². The molecule has 9 heteroatoms. The van der Waals surface area contributed by atoms with Gasteiger partial charge in [-0.15, -0.1) is 11.3 Å². The zero-order chi connectivity index (χ0) is 16.8. The van der Waals surface area contributed by atoms with Gasteiger partial charge in [0.1, 0.15) is 12.4 Å². The van der Waals surface area contributed by atoms with E-state index in [4.69, 9.17) is 4.74 Å². The number of esters is 1. The highest BCUT2D eigenvalue weighted by Crippen LogP contribution is 2.18. The van der Waals surface area contributed by atoms with Crippen molar-refractivity contribution in [1.29, 1.82) is 0 Å². The zero-order valence-corrected chi connectivity index (χ0v) is 12.7. The third kappa shape index (κ3) is 5.29. The molecule has 1 aromatic carbocycles. The molecule has 1 aromatic heterocycles. The summed E-state index contributed by atoms with van der Waals surface area (Å²) in [6, 6.07) is 5.30. The first kappa shape index (κ1) is 16.8. The molecule has 2 aromatic rings. The van der Waals surface area contributed by atoms with Crippen molar-refractivity contribution in [2.45, 2.75) is 20.1 Å². The van der Waals surface area contributed by atoms with Crippen LogP contribution in [0, 0.1) is 0 Å². The van der Waals surface area contributed by atoms with E-state index in [9.17, 15) is 18.4 Å². The second-order valence-corrected chi connectivity index (χ2v) is 5.17. The maximum atomic E-state index is 12.1. The summed E-state index contributed by atoms with van der Waals surface area (Å²) in [6.07, 6.45) is 0. The van der Waals surface area contributed by atoms with Gasteiger partial charge in [0.15, 0.2) is 5.13 Å².